The van der Waals surface area contributed by atoms with Crippen molar-refractivity contribution < 1.29 is 18.6 Å². The van der Waals surface area contributed by atoms with Gasteiger partial charge in [-0.15, -0.1) is 0 Å². The first-order valence-electron chi connectivity index (χ1n) is 9.82. The summed E-state index contributed by atoms with van der Waals surface area (Å²) in [5.41, 5.74) is 0. The number of piperazine rings is 1. The van der Waals surface area contributed by atoms with Crippen LogP contribution in [-0.2, 0) is 9.59 Å². The van der Waals surface area contributed by atoms with E-state index < -0.39 is 0 Å². The summed E-state index contributed by atoms with van der Waals surface area (Å²) in [4.78, 5) is 28.7. The van der Waals surface area contributed by atoms with Crippen molar-refractivity contribution in [2.45, 2.75) is 39.7 Å². The van der Waals surface area contributed by atoms with Gasteiger partial charge in [0.1, 0.15) is 11.5 Å². The molecule has 2 N–H and O–H groups in total. The Morgan fingerprint density at radius 1 is 1.00 bits per heavy atom. The van der Waals surface area contributed by atoms with E-state index in [0.717, 1.165) is 19.6 Å². The number of nitrogens with one attached hydrogen (secondary N) is 2. The molecule has 2 aromatic heterocycles. The van der Waals surface area contributed by atoms with Crippen molar-refractivity contribution in [3.8, 4) is 0 Å². The van der Waals surface area contributed by atoms with E-state index in [1.807, 2.05) is 0 Å². The Kier molecular flexibility index (Phi) is 6.99. The maximum Gasteiger partial charge on any atom is 0.226 e. The molecular weight excluding hydrogens is 376 g/mol. The molecule has 1 saturated heterocycles. The van der Waals surface area contributed by atoms with Gasteiger partial charge in [-0.3, -0.25) is 14.5 Å². The molecule has 1 atom stereocenters. The zero-order valence-corrected chi connectivity index (χ0v) is 17.1. The summed E-state index contributed by atoms with van der Waals surface area (Å²) in [5.74, 6) is 2.07. The molecule has 1 aliphatic rings. The third-order valence-electron chi connectivity index (χ3n) is 4.92. The molecule has 29 heavy (non-hydrogen) atoms. The molecule has 0 bridgehead atoms. The van der Waals surface area contributed by atoms with E-state index in [1.54, 1.807) is 26.0 Å². The molecule has 10 heteroatoms. The normalized spacial score (nSPS) is 18.0. The van der Waals surface area contributed by atoms with Crippen LogP contribution in [0.3, 0.4) is 0 Å². The van der Waals surface area contributed by atoms with Gasteiger partial charge >= 0.3 is 0 Å². The molecule has 1 unspecified atom stereocenters. The molecule has 1 aliphatic heterocycles. The minimum Gasteiger partial charge on any atom is -0.360 e. The van der Waals surface area contributed by atoms with E-state index in [1.165, 1.54) is 0 Å². The van der Waals surface area contributed by atoms with Crippen LogP contribution < -0.4 is 10.6 Å². The molecule has 3 rings (SSSR count). The lowest BCUT2D eigenvalue weighted by molar-refractivity contribution is -0.118. The Labute approximate surface area is 169 Å². The number of hydrogen-bond donors (Lipinski definition) is 2. The number of aromatic nitrogens is 2. The summed E-state index contributed by atoms with van der Waals surface area (Å²) in [6.45, 7) is 9.66. The van der Waals surface area contributed by atoms with Crippen LogP contribution in [0.25, 0.3) is 0 Å². The molecule has 10 nitrogen and oxygen atoms in total. The van der Waals surface area contributed by atoms with Crippen LogP contribution in [-0.4, -0.2) is 70.7 Å². The van der Waals surface area contributed by atoms with Gasteiger partial charge in [0.25, 0.3) is 0 Å². The minimum absolute atomic E-state index is 0.0758. The van der Waals surface area contributed by atoms with E-state index in [0.29, 0.717) is 55.1 Å². The zero-order chi connectivity index (χ0) is 20.8. The Balaban J connectivity index is 1.34. The summed E-state index contributed by atoms with van der Waals surface area (Å²) in [5, 5.41) is 13.0. The van der Waals surface area contributed by atoms with Gasteiger partial charge in [0, 0.05) is 63.7 Å². The first-order valence-corrected chi connectivity index (χ1v) is 9.82. The average Bonchev–Trinajstić information content (AvgIpc) is 3.27. The maximum absolute atomic E-state index is 12.1. The van der Waals surface area contributed by atoms with Crippen LogP contribution in [0.15, 0.2) is 21.2 Å². The van der Waals surface area contributed by atoms with E-state index in [4.69, 9.17) is 9.05 Å². The van der Waals surface area contributed by atoms with Crippen molar-refractivity contribution >= 4 is 23.5 Å². The fraction of sp³-hybridized carbons (Fsp3) is 0.579. The number of rotatable bonds is 8. The van der Waals surface area contributed by atoms with Crippen molar-refractivity contribution in [1.82, 2.24) is 20.1 Å². The van der Waals surface area contributed by atoms with Gasteiger partial charge in [-0.25, -0.2) is 0 Å². The standard InChI is InChI=1S/C19H28N6O4/c1-13-12-24(6-4-18(26)20-16-10-14(2)28-22-16)8-9-25(13)7-5-19(27)21-17-11-15(3)29-23-17/h10-11,13H,4-9,12H2,1-3H3,(H,20,22,26)(H,21,23,27). The average molecular weight is 404 g/mol. The lowest BCUT2D eigenvalue weighted by atomic mass is 10.1. The second-order valence-electron chi connectivity index (χ2n) is 7.43. The summed E-state index contributed by atoms with van der Waals surface area (Å²) >= 11 is 0. The van der Waals surface area contributed by atoms with Crippen molar-refractivity contribution in [2.75, 3.05) is 43.4 Å². The highest BCUT2D eigenvalue weighted by atomic mass is 16.5. The number of carbonyl (C=O) groups excluding carboxylic acids is 2. The van der Waals surface area contributed by atoms with E-state index in [9.17, 15) is 9.59 Å². The van der Waals surface area contributed by atoms with Gasteiger partial charge < -0.3 is 24.6 Å². The van der Waals surface area contributed by atoms with Crippen LogP contribution in [0.4, 0.5) is 11.6 Å². The smallest absolute Gasteiger partial charge is 0.226 e. The van der Waals surface area contributed by atoms with Crippen LogP contribution in [0.2, 0.25) is 0 Å². The fourth-order valence-electron chi connectivity index (χ4n) is 3.37. The number of hydrogen-bond acceptors (Lipinski definition) is 8. The van der Waals surface area contributed by atoms with Crippen LogP contribution >= 0.6 is 0 Å². The number of aryl methyl sites for hydroxylation is 2. The first-order chi connectivity index (χ1) is 13.9. The van der Waals surface area contributed by atoms with Crippen LogP contribution in [0, 0.1) is 13.8 Å². The summed E-state index contributed by atoms with van der Waals surface area (Å²) in [6, 6.07) is 3.70. The topological polar surface area (TPSA) is 117 Å². The monoisotopic (exact) mass is 404 g/mol. The van der Waals surface area contributed by atoms with Crippen molar-refractivity contribution in [3.05, 3.63) is 23.7 Å². The molecule has 0 radical (unpaired) electrons. The molecule has 1 fully saturated rings. The third-order valence-corrected chi connectivity index (χ3v) is 4.92. The maximum atomic E-state index is 12.1. The second-order valence-corrected chi connectivity index (χ2v) is 7.43. The number of amides is 2. The van der Waals surface area contributed by atoms with Gasteiger partial charge in [0.05, 0.1) is 0 Å². The molecule has 0 aliphatic carbocycles. The summed E-state index contributed by atoms with van der Waals surface area (Å²) in [6.07, 6.45) is 0.800. The zero-order valence-electron chi connectivity index (χ0n) is 17.1. The first kappa shape index (κ1) is 21.0. The molecule has 0 saturated carbocycles. The number of nitrogens with zero attached hydrogens (tertiary/aromatic N) is 4. The van der Waals surface area contributed by atoms with Crippen molar-refractivity contribution in [2.24, 2.45) is 0 Å². The Morgan fingerprint density at radius 2 is 1.55 bits per heavy atom. The van der Waals surface area contributed by atoms with Crippen molar-refractivity contribution in [1.29, 1.82) is 0 Å². The molecule has 2 amide bonds. The van der Waals surface area contributed by atoms with E-state index in [-0.39, 0.29) is 11.8 Å². The highest BCUT2D eigenvalue weighted by Gasteiger charge is 2.24. The highest BCUT2D eigenvalue weighted by Crippen LogP contribution is 2.13. The Bertz CT molecular complexity index is 832. The minimum atomic E-state index is -0.0762. The van der Waals surface area contributed by atoms with Gasteiger partial charge in [0.15, 0.2) is 11.6 Å². The predicted molar refractivity (Wildman–Crippen MR) is 106 cm³/mol. The van der Waals surface area contributed by atoms with Gasteiger partial charge in [-0.1, -0.05) is 10.3 Å². The largest absolute Gasteiger partial charge is 0.360 e. The number of anilines is 2. The molecule has 158 valence electrons. The molecular formula is C19H28N6O4. The van der Waals surface area contributed by atoms with Gasteiger partial charge in [0.2, 0.25) is 11.8 Å². The molecule has 2 aromatic rings. The SMILES string of the molecule is Cc1cc(NC(=O)CCN2CCN(CCC(=O)Nc3cc(C)on3)C(C)C2)no1. The molecule has 3 heterocycles. The summed E-state index contributed by atoms with van der Waals surface area (Å²) < 4.78 is 9.89. The van der Waals surface area contributed by atoms with Gasteiger partial charge in [-0.2, -0.15) is 0 Å². The highest BCUT2D eigenvalue weighted by molar-refractivity contribution is 5.90. The second kappa shape index (κ2) is 9.66. The lowest BCUT2D eigenvalue weighted by Crippen LogP contribution is -2.52. The Morgan fingerprint density at radius 3 is 2.03 bits per heavy atom. The molecule has 0 spiro atoms. The van der Waals surface area contributed by atoms with Crippen molar-refractivity contribution in [3.63, 3.8) is 0 Å². The van der Waals surface area contributed by atoms with Crippen LogP contribution in [0.5, 0.6) is 0 Å². The van der Waals surface area contributed by atoms with Crippen LogP contribution in [0.1, 0.15) is 31.3 Å². The predicted octanol–water partition coefficient (Wildman–Crippen LogP) is 1.64. The van der Waals surface area contributed by atoms with E-state index >= 15 is 0 Å². The fourth-order valence-corrected chi connectivity index (χ4v) is 3.37. The quantitative estimate of drug-likeness (QED) is 0.682. The number of carbonyl (C=O) groups is 2. The Hall–Kier alpha value is -2.72. The third kappa shape index (κ3) is 6.40. The lowest BCUT2D eigenvalue weighted by Gasteiger charge is -2.39. The summed E-state index contributed by atoms with van der Waals surface area (Å²) in [7, 11) is 0. The molecule has 0 aromatic carbocycles. The van der Waals surface area contributed by atoms with E-state index in [2.05, 4.69) is 37.7 Å². The van der Waals surface area contributed by atoms with Gasteiger partial charge in [-0.05, 0) is 20.8 Å².